The van der Waals surface area contributed by atoms with Gasteiger partial charge in [-0.1, -0.05) is 30.3 Å². The van der Waals surface area contributed by atoms with E-state index in [9.17, 15) is 18.7 Å². The van der Waals surface area contributed by atoms with Gasteiger partial charge in [-0.05, 0) is 12.1 Å². The van der Waals surface area contributed by atoms with Crippen LogP contribution in [-0.2, 0) is 0 Å². The van der Waals surface area contributed by atoms with Crippen LogP contribution < -0.4 is 4.90 Å². The minimum Gasteiger partial charge on any atom is -0.507 e. The van der Waals surface area contributed by atoms with Crippen molar-refractivity contribution in [3.8, 4) is 5.75 Å². The second kappa shape index (κ2) is 4.84. The number of anilines is 1. The Hall–Kier alpha value is -2.43. The Morgan fingerprint density at radius 2 is 1.76 bits per heavy atom. The average Bonchev–Trinajstić information content (AvgIpc) is 2.45. The number of halogens is 2. The second-order valence-corrected chi connectivity index (χ2v) is 5.11. The van der Waals surface area contributed by atoms with Gasteiger partial charge in [-0.25, -0.2) is 8.78 Å². The number of ketones is 1. The molecule has 5 heteroatoms. The molecule has 0 bridgehead atoms. The van der Waals surface area contributed by atoms with Crippen LogP contribution in [0.15, 0.2) is 48.5 Å². The SMILES string of the molecule is O=C(c1ccccc1)c1ccc(N2CC(F)(F)C2)cc1O. The van der Waals surface area contributed by atoms with Gasteiger partial charge >= 0.3 is 0 Å². The summed E-state index contributed by atoms with van der Waals surface area (Å²) >= 11 is 0. The Labute approximate surface area is 120 Å². The van der Waals surface area contributed by atoms with Gasteiger partial charge in [0.1, 0.15) is 5.75 Å². The fourth-order valence-corrected chi connectivity index (χ4v) is 2.35. The zero-order valence-electron chi connectivity index (χ0n) is 11.1. The summed E-state index contributed by atoms with van der Waals surface area (Å²) in [6, 6.07) is 13.0. The van der Waals surface area contributed by atoms with Crippen molar-refractivity contribution in [3.05, 3.63) is 59.7 Å². The minimum absolute atomic E-state index is 0.164. The van der Waals surface area contributed by atoms with Crippen molar-refractivity contribution in [2.24, 2.45) is 0 Å². The van der Waals surface area contributed by atoms with E-state index in [2.05, 4.69) is 0 Å². The maximum Gasteiger partial charge on any atom is 0.282 e. The molecule has 0 spiro atoms. The summed E-state index contributed by atoms with van der Waals surface area (Å²) in [7, 11) is 0. The summed E-state index contributed by atoms with van der Waals surface area (Å²) < 4.78 is 25.7. The highest BCUT2D eigenvalue weighted by Crippen LogP contribution is 2.34. The Kier molecular flexibility index (Phi) is 3.12. The Morgan fingerprint density at radius 1 is 1.10 bits per heavy atom. The largest absolute Gasteiger partial charge is 0.507 e. The molecule has 0 aromatic heterocycles. The molecule has 1 N–H and O–H groups in total. The van der Waals surface area contributed by atoms with Crippen LogP contribution >= 0.6 is 0 Å². The number of benzene rings is 2. The molecular formula is C16H13F2NO2. The van der Waals surface area contributed by atoms with Gasteiger partial charge in [0.2, 0.25) is 0 Å². The van der Waals surface area contributed by atoms with Gasteiger partial charge in [-0.2, -0.15) is 0 Å². The smallest absolute Gasteiger partial charge is 0.282 e. The first-order chi connectivity index (χ1) is 9.96. The number of hydrogen-bond acceptors (Lipinski definition) is 3. The third kappa shape index (κ3) is 2.59. The van der Waals surface area contributed by atoms with Crippen LogP contribution in [0.3, 0.4) is 0 Å². The first-order valence-electron chi connectivity index (χ1n) is 6.52. The van der Waals surface area contributed by atoms with E-state index < -0.39 is 5.92 Å². The Morgan fingerprint density at radius 3 is 2.33 bits per heavy atom. The topological polar surface area (TPSA) is 40.5 Å². The standard InChI is InChI=1S/C16H13F2NO2/c17-16(18)9-19(10-16)12-6-7-13(14(20)8-12)15(21)11-4-2-1-3-5-11/h1-8,20H,9-10H2. The van der Waals surface area contributed by atoms with E-state index >= 15 is 0 Å². The maximum absolute atomic E-state index is 12.8. The van der Waals surface area contributed by atoms with Gasteiger partial charge < -0.3 is 10.0 Å². The normalized spacial score (nSPS) is 16.4. The molecule has 3 rings (SSSR count). The van der Waals surface area contributed by atoms with Crippen molar-refractivity contribution in [1.82, 2.24) is 0 Å². The summed E-state index contributed by atoms with van der Waals surface area (Å²) in [5, 5.41) is 9.99. The molecule has 0 unspecified atom stereocenters. The Balaban J connectivity index is 1.84. The van der Waals surface area contributed by atoms with Crippen LogP contribution in [0, 0.1) is 0 Å². The van der Waals surface area contributed by atoms with Crippen LogP contribution in [-0.4, -0.2) is 29.9 Å². The summed E-state index contributed by atoms with van der Waals surface area (Å²) in [5.74, 6) is -3.17. The molecule has 1 fully saturated rings. The molecule has 3 nitrogen and oxygen atoms in total. The quantitative estimate of drug-likeness (QED) is 0.883. The maximum atomic E-state index is 12.8. The number of rotatable bonds is 3. The number of phenolic OH excluding ortho intramolecular Hbond substituents is 1. The molecule has 1 aliphatic heterocycles. The van der Waals surface area contributed by atoms with E-state index in [4.69, 9.17) is 0 Å². The lowest BCUT2D eigenvalue weighted by Gasteiger charge is -2.40. The Bertz CT molecular complexity index is 678. The van der Waals surface area contributed by atoms with Crippen LogP contribution in [0.25, 0.3) is 0 Å². The fraction of sp³-hybridized carbons (Fsp3) is 0.188. The number of hydrogen-bond donors (Lipinski definition) is 1. The summed E-state index contributed by atoms with van der Waals surface area (Å²) in [5.41, 5.74) is 1.12. The molecule has 1 aliphatic rings. The van der Waals surface area contributed by atoms with E-state index in [0.717, 1.165) is 0 Å². The fourth-order valence-electron chi connectivity index (χ4n) is 2.35. The minimum atomic E-state index is -2.67. The molecule has 108 valence electrons. The number of aromatic hydroxyl groups is 1. The second-order valence-electron chi connectivity index (χ2n) is 5.11. The summed E-state index contributed by atoms with van der Waals surface area (Å²) in [6.07, 6.45) is 0. The highest BCUT2D eigenvalue weighted by Gasteiger charge is 2.44. The van der Waals surface area contributed by atoms with E-state index in [-0.39, 0.29) is 30.2 Å². The van der Waals surface area contributed by atoms with E-state index in [1.807, 2.05) is 0 Å². The zero-order valence-corrected chi connectivity index (χ0v) is 11.1. The number of phenols is 1. The highest BCUT2D eigenvalue weighted by atomic mass is 19.3. The van der Waals surface area contributed by atoms with E-state index in [1.54, 1.807) is 36.4 Å². The summed E-state index contributed by atoms with van der Waals surface area (Å²) in [6.45, 7) is -0.725. The molecule has 0 radical (unpaired) electrons. The van der Waals surface area contributed by atoms with Crippen molar-refractivity contribution in [3.63, 3.8) is 0 Å². The highest BCUT2D eigenvalue weighted by molar-refractivity contribution is 6.10. The number of carbonyl (C=O) groups is 1. The molecule has 1 saturated heterocycles. The molecule has 0 atom stereocenters. The van der Waals surface area contributed by atoms with Crippen LogP contribution in [0.5, 0.6) is 5.75 Å². The molecule has 21 heavy (non-hydrogen) atoms. The predicted molar refractivity (Wildman–Crippen MR) is 75.1 cm³/mol. The molecule has 1 heterocycles. The molecular weight excluding hydrogens is 276 g/mol. The lowest BCUT2D eigenvalue weighted by atomic mass is 10.0. The van der Waals surface area contributed by atoms with Crippen molar-refractivity contribution in [2.45, 2.75) is 5.92 Å². The van der Waals surface area contributed by atoms with Gasteiger partial charge in [-0.3, -0.25) is 4.79 Å². The molecule has 2 aromatic rings. The van der Waals surface area contributed by atoms with Crippen LogP contribution in [0.4, 0.5) is 14.5 Å². The zero-order chi connectivity index (χ0) is 15.0. The van der Waals surface area contributed by atoms with Gasteiger partial charge in [0.25, 0.3) is 5.92 Å². The van der Waals surface area contributed by atoms with E-state index in [0.29, 0.717) is 11.3 Å². The summed E-state index contributed by atoms with van der Waals surface area (Å²) in [4.78, 5) is 13.7. The number of carbonyl (C=O) groups excluding carboxylic acids is 1. The van der Waals surface area contributed by atoms with Crippen molar-refractivity contribution < 1.29 is 18.7 Å². The monoisotopic (exact) mass is 289 g/mol. The third-order valence-corrected chi connectivity index (χ3v) is 3.47. The van der Waals surface area contributed by atoms with Crippen molar-refractivity contribution in [2.75, 3.05) is 18.0 Å². The first kappa shape index (κ1) is 13.5. The van der Waals surface area contributed by atoms with Gasteiger partial charge in [0.15, 0.2) is 5.78 Å². The predicted octanol–water partition coefficient (Wildman–Crippen LogP) is 3.08. The van der Waals surface area contributed by atoms with Gasteiger partial charge in [0.05, 0.1) is 18.7 Å². The molecule has 0 amide bonds. The number of alkyl halides is 2. The van der Waals surface area contributed by atoms with Crippen LogP contribution in [0.1, 0.15) is 15.9 Å². The van der Waals surface area contributed by atoms with Crippen molar-refractivity contribution in [1.29, 1.82) is 0 Å². The van der Waals surface area contributed by atoms with Gasteiger partial charge in [-0.15, -0.1) is 0 Å². The number of nitrogens with zero attached hydrogens (tertiary/aromatic N) is 1. The third-order valence-electron chi connectivity index (χ3n) is 3.47. The average molecular weight is 289 g/mol. The van der Waals surface area contributed by atoms with Crippen molar-refractivity contribution >= 4 is 11.5 Å². The first-order valence-corrected chi connectivity index (χ1v) is 6.52. The lowest BCUT2D eigenvalue weighted by Crippen LogP contribution is -2.56. The molecule has 2 aromatic carbocycles. The molecule has 0 saturated carbocycles. The van der Waals surface area contributed by atoms with Crippen LogP contribution in [0.2, 0.25) is 0 Å². The lowest BCUT2D eigenvalue weighted by molar-refractivity contribution is -0.0262. The van der Waals surface area contributed by atoms with Gasteiger partial charge in [0, 0.05) is 17.3 Å². The molecule has 0 aliphatic carbocycles. The van der Waals surface area contributed by atoms with E-state index in [1.165, 1.54) is 17.0 Å².